The van der Waals surface area contributed by atoms with Crippen LogP contribution in [-0.4, -0.2) is 23.3 Å². The first kappa shape index (κ1) is 14.4. The first-order valence-electron chi connectivity index (χ1n) is 6.17. The standard InChI is InChI=1S/C14H16ClNO2S/c1-9-3-4-12(6-13(9)15)16-7-11(5-14(16)18)8-19-10(2)17/h3-4,6,11H,5,7-8H2,1-2H3. The van der Waals surface area contributed by atoms with E-state index in [0.29, 0.717) is 23.7 Å². The zero-order valence-electron chi connectivity index (χ0n) is 11.0. The molecule has 1 saturated heterocycles. The van der Waals surface area contributed by atoms with Gasteiger partial charge in [0.05, 0.1) is 0 Å². The Morgan fingerprint density at radius 3 is 2.89 bits per heavy atom. The molecule has 0 spiro atoms. The SMILES string of the molecule is CC(=O)SCC1CC(=O)N(c2ccc(C)c(Cl)c2)C1. The lowest BCUT2D eigenvalue weighted by molar-refractivity contribution is -0.117. The van der Waals surface area contributed by atoms with Crippen molar-refractivity contribution in [3.05, 3.63) is 28.8 Å². The fraction of sp³-hybridized carbons (Fsp3) is 0.429. The number of hydrogen-bond donors (Lipinski definition) is 0. The number of nitrogens with zero attached hydrogens (tertiary/aromatic N) is 1. The number of aryl methyl sites for hydroxylation is 1. The predicted molar refractivity (Wildman–Crippen MR) is 79.8 cm³/mol. The molecule has 0 aromatic heterocycles. The number of anilines is 1. The summed E-state index contributed by atoms with van der Waals surface area (Å²) in [5.74, 6) is 1.05. The Kier molecular flexibility index (Phi) is 4.53. The quantitative estimate of drug-likeness (QED) is 0.859. The van der Waals surface area contributed by atoms with Crippen molar-refractivity contribution in [2.45, 2.75) is 20.3 Å². The molecule has 1 atom stereocenters. The van der Waals surface area contributed by atoms with Crippen molar-refractivity contribution in [3.8, 4) is 0 Å². The van der Waals surface area contributed by atoms with Crippen LogP contribution in [0.25, 0.3) is 0 Å². The maximum absolute atomic E-state index is 12.0. The summed E-state index contributed by atoms with van der Waals surface area (Å²) in [6.45, 7) is 4.15. The van der Waals surface area contributed by atoms with Gasteiger partial charge in [0.25, 0.3) is 0 Å². The first-order valence-corrected chi connectivity index (χ1v) is 7.53. The second-order valence-electron chi connectivity index (χ2n) is 4.81. The van der Waals surface area contributed by atoms with Gasteiger partial charge in [0.2, 0.25) is 5.91 Å². The summed E-state index contributed by atoms with van der Waals surface area (Å²) in [5.41, 5.74) is 1.84. The Labute approximate surface area is 122 Å². The van der Waals surface area contributed by atoms with E-state index in [2.05, 4.69) is 0 Å². The molecular weight excluding hydrogens is 282 g/mol. The fourth-order valence-corrected chi connectivity index (χ4v) is 3.00. The van der Waals surface area contributed by atoms with Crippen LogP contribution in [0.2, 0.25) is 5.02 Å². The molecule has 0 saturated carbocycles. The molecule has 1 aromatic rings. The topological polar surface area (TPSA) is 37.4 Å². The van der Waals surface area contributed by atoms with E-state index in [4.69, 9.17) is 11.6 Å². The molecule has 0 radical (unpaired) electrons. The monoisotopic (exact) mass is 297 g/mol. The summed E-state index contributed by atoms with van der Waals surface area (Å²) in [5, 5.41) is 0.774. The molecule has 3 nitrogen and oxygen atoms in total. The summed E-state index contributed by atoms with van der Waals surface area (Å²) < 4.78 is 0. The zero-order valence-corrected chi connectivity index (χ0v) is 12.6. The minimum atomic E-state index is 0.101. The average Bonchev–Trinajstić information content (AvgIpc) is 2.72. The number of amides is 1. The van der Waals surface area contributed by atoms with Gasteiger partial charge in [-0.1, -0.05) is 29.4 Å². The van der Waals surface area contributed by atoms with E-state index in [9.17, 15) is 9.59 Å². The number of benzene rings is 1. The van der Waals surface area contributed by atoms with Gasteiger partial charge in [0.15, 0.2) is 5.12 Å². The smallest absolute Gasteiger partial charge is 0.227 e. The van der Waals surface area contributed by atoms with Crippen molar-refractivity contribution in [1.29, 1.82) is 0 Å². The van der Waals surface area contributed by atoms with Crippen molar-refractivity contribution in [3.63, 3.8) is 0 Å². The van der Waals surface area contributed by atoms with Crippen LogP contribution in [0.1, 0.15) is 18.9 Å². The molecular formula is C14H16ClNO2S. The lowest BCUT2D eigenvalue weighted by Crippen LogP contribution is -2.24. The maximum atomic E-state index is 12.0. The molecule has 0 N–H and O–H groups in total. The van der Waals surface area contributed by atoms with Crippen molar-refractivity contribution in [2.75, 3.05) is 17.2 Å². The third kappa shape index (κ3) is 3.51. The molecule has 1 amide bonds. The molecule has 2 rings (SSSR count). The van der Waals surface area contributed by atoms with Crippen molar-refractivity contribution in [1.82, 2.24) is 0 Å². The molecule has 1 heterocycles. The Morgan fingerprint density at radius 1 is 1.53 bits per heavy atom. The van der Waals surface area contributed by atoms with E-state index in [1.807, 2.05) is 25.1 Å². The van der Waals surface area contributed by atoms with Gasteiger partial charge in [-0.05, 0) is 30.5 Å². The zero-order chi connectivity index (χ0) is 14.0. The number of halogens is 1. The lowest BCUT2D eigenvalue weighted by atomic mass is 10.1. The Balaban J connectivity index is 2.07. The van der Waals surface area contributed by atoms with Gasteiger partial charge in [-0.15, -0.1) is 0 Å². The van der Waals surface area contributed by atoms with E-state index in [1.54, 1.807) is 11.8 Å². The van der Waals surface area contributed by atoms with E-state index in [-0.39, 0.29) is 16.9 Å². The highest BCUT2D eigenvalue weighted by Gasteiger charge is 2.30. The second-order valence-corrected chi connectivity index (χ2v) is 6.41. The van der Waals surface area contributed by atoms with Crippen LogP contribution in [0, 0.1) is 12.8 Å². The summed E-state index contributed by atoms with van der Waals surface area (Å²) in [6.07, 6.45) is 0.506. The van der Waals surface area contributed by atoms with Gasteiger partial charge in [0.1, 0.15) is 0 Å². The summed E-state index contributed by atoms with van der Waals surface area (Å²) in [4.78, 5) is 24.7. The molecule has 5 heteroatoms. The van der Waals surface area contributed by atoms with Crippen LogP contribution in [0.3, 0.4) is 0 Å². The highest BCUT2D eigenvalue weighted by atomic mass is 35.5. The van der Waals surface area contributed by atoms with Crippen LogP contribution >= 0.6 is 23.4 Å². The van der Waals surface area contributed by atoms with Gasteiger partial charge in [-0.25, -0.2) is 0 Å². The third-order valence-electron chi connectivity index (χ3n) is 3.19. The fourth-order valence-electron chi connectivity index (χ4n) is 2.13. The normalized spacial score (nSPS) is 19.0. The molecule has 102 valence electrons. The van der Waals surface area contributed by atoms with Gasteiger partial charge in [-0.2, -0.15) is 0 Å². The van der Waals surface area contributed by atoms with Crippen LogP contribution in [0.4, 0.5) is 5.69 Å². The van der Waals surface area contributed by atoms with Gasteiger partial charge < -0.3 is 4.90 Å². The molecule has 1 aliphatic rings. The van der Waals surface area contributed by atoms with E-state index < -0.39 is 0 Å². The molecule has 0 aliphatic carbocycles. The van der Waals surface area contributed by atoms with Crippen LogP contribution in [0.5, 0.6) is 0 Å². The second kappa shape index (κ2) is 5.97. The van der Waals surface area contributed by atoms with Crippen molar-refractivity contribution >= 4 is 40.1 Å². The lowest BCUT2D eigenvalue weighted by Gasteiger charge is -2.17. The maximum Gasteiger partial charge on any atom is 0.227 e. The number of carbonyl (C=O) groups excluding carboxylic acids is 2. The Morgan fingerprint density at radius 2 is 2.26 bits per heavy atom. The molecule has 1 unspecified atom stereocenters. The first-order chi connectivity index (χ1) is 8.97. The highest BCUT2D eigenvalue weighted by molar-refractivity contribution is 8.13. The van der Waals surface area contributed by atoms with E-state index in [1.165, 1.54) is 11.8 Å². The summed E-state index contributed by atoms with van der Waals surface area (Å²) in [6, 6.07) is 5.66. The molecule has 1 aliphatic heterocycles. The average molecular weight is 298 g/mol. The van der Waals surface area contributed by atoms with Crippen molar-refractivity contribution in [2.24, 2.45) is 5.92 Å². The Hall–Kier alpha value is -1.00. The number of rotatable bonds is 3. The van der Waals surface area contributed by atoms with Gasteiger partial charge in [-0.3, -0.25) is 9.59 Å². The van der Waals surface area contributed by atoms with Crippen LogP contribution in [0.15, 0.2) is 18.2 Å². The van der Waals surface area contributed by atoms with Gasteiger partial charge in [0, 0.05) is 36.4 Å². The van der Waals surface area contributed by atoms with Crippen LogP contribution < -0.4 is 4.90 Å². The predicted octanol–water partition coefficient (Wildman–Crippen LogP) is 3.28. The minimum absolute atomic E-state index is 0.101. The Bertz CT molecular complexity index is 518. The largest absolute Gasteiger partial charge is 0.312 e. The highest BCUT2D eigenvalue weighted by Crippen LogP contribution is 2.30. The van der Waals surface area contributed by atoms with E-state index in [0.717, 1.165) is 11.3 Å². The minimum Gasteiger partial charge on any atom is -0.312 e. The molecule has 1 fully saturated rings. The molecule has 1 aromatic carbocycles. The van der Waals surface area contributed by atoms with Gasteiger partial charge >= 0.3 is 0 Å². The molecule has 0 bridgehead atoms. The summed E-state index contributed by atoms with van der Waals surface area (Å²) >= 11 is 7.38. The van der Waals surface area contributed by atoms with Crippen molar-refractivity contribution < 1.29 is 9.59 Å². The summed E-state index contributed by atoms with van der Waals surface area (Å²) in [7, 11) is 0. The molecule has 19 heavy (non-hydrogen) atoms. The van der Waals surface area contributed by atoms with Crippen LogP contribution in [-0.2, 0) is 9.59 Å². The number of thioether (sulfide) groups is 1. The third-order valence-corrected chi connectivity index (χ3v) is 4.65. The number of hydrogen-bond acceptors (Lipinski definition) is 3. The van der Waals surface area contributed by atoms with E-state index >= 15 is 0 Å². The number of carbonyl (C=O) groups is 2.